The van der Waals surface area contributed by atoms with Crippen molar-refractivity contribution >= 4 is 24.2 Å². The molecule has 150 valence electrons. The van der Waals surface area contributed by atoms with E-state index in [1.54, 1.807) is 4.90 Å². The Morgan fingerprint density at radius 1 is 1.07 bits per heavy atom. The van der Waals surface area contributed by atoms with Gasteiger partial charge in [0.05, 0.1) is 11.0 Å². The van der Waals surface area contributed by atoms with E-state index in [0.717, 1.165) is 12.1 Å². The zero-order valence-corrected chi connectivity index (χ0v) is 15.8. The lowest BCUT2D eigenvalue weighted by molar-refractivity contribution is -0.148. The second-order valence-electron chi connectivity index (χ2n) is 6.81. The number of carbonyl (C=O) groups excluding carboxylic acids is 2. The first-order valence-electron chi connectivity index (χ1n) is 8.78. The molecule has 0 radical (unpaired) electrons. The van der Waals surface area contributed by atoms with Gasteiger partial charge in [-0.05, 0) is 25.0 Å². The molecule has 3 rings (SSSR count). The third kappa shape index (κ3) is 4.39. The van der Waals surface area contributed by atoms with Crippen molar-refractivity contribution in [1.82, 2.24) is 9.80 Å². The molecule has 1 aromatic carbocycles. The molecule has 27 heavy (non-hydrogen) atoms. The van der Waals surface area contributed by atoms with E-state index in [4.69, 9.17) is 10.5 Å². The van der Waals surface area contributed by atoms with Crippen LogP contribution in [-0.2, 0) is 9.53 Å². The van der Waals surface area contributed by atoms with Gasteiger partial charge in [0.15, 0.2) is 0 Å². The fraction of sp³-hybridized carbons (Fsp3) is 0.556. The van der Waals surface area contributed by atoms with Crippen LogP contribution in [0.3, 0.4) is 0 Å². The Morgan fingerprint density at radius 2 is 1.67 bits per heavy atom. The predicted molar refractivity (Wildman–Crippen MR) is 97.6 cm³/mol. The smallest absolute Gasteiger partial charge is 0.256 e. The van der Waals surface area contributed by atoms with Crippen LogP contribution in [0.1, 0.15) is 23.2 Å². The number of amides is 2. The summed E-state index contributed by atoms with van der Waals surface area (Å²) in [5.74, 6) is -2.09. The van der Waals surface area contributed by atoms with Gasteiger partial charge in [-0.3, -0.25) is 9.59 Å². The molecule has 1 aromatic rings. The van der Waals surface area contributed by atoms with Crippen molar-refractivity contribution in [3.05, 3.63) is 35.4 Å². The highest BCUT2D eigenvalue weighted by atomic mass is 35.5. The molecule has 0 aromatic heterocycles. The second kappa shape index (κ2) is 8.95. The van der Waals surface area contributed by atoms with E-state index in [1.165, 1.54) is 4.90 Å². The maximum atomic E-state index is 13.8. The molecular weight excluding hydrogens is 380 g/mol. The van der Waals surface area contributed by atoms with Gasteiger partial charge >= 0.3 is 0 Å². The number of nitrogens with two attached hydrogens (primary N) is 1. The van der Waals surface area contributed by atoms with Crippen LogP contribution in [-0.4, -0.2) is 67.6 Å². The summed E-state index contributed by atoms with van der Waals surface area (Å²) in [6, 6.07) is 2.91. The molecule has 0 unspecified atom stereocenters. The van der Waals surface area contributed by atoms with Gasteiger partial charge in [0.25, 0.3) is 5.91 Å². The van der Waals surface area contributed by atoms with E-state index < -0.39 is 23.0 Å². The average Bonchev–Trinajstić information content (AvgIpc) is 2.67. The molecule has 6 nitrogen and oxygen atoms in total. The SMILES string of the molecule is Cl.NCC1(C(=O)N2CCN(C(=O)c3ccc(F)cc3F)CC2)CCOCC1. The van der Waals surface area contributed by atoms with Crippen molar-refractivity contribution < 1.29 is 23.1 Å². The van der Waals surface area contributed by atoms with Crippen molar-refractivity contribution in [1.29, 1.82) is 0 Å². The minimum Gasteiger partial charge on any atom is -0.381 e. The number of hydrogen-bond donors (Lipinski definition) is 1. The van der Waals surface area contributed by atoms with Crippen LogP contribution in [0.25, 0.3) is 0 Å². The zero-order valence-electron chi connectivity index (χ0n) is 15.0. The third-order valence-electron chi connectivity index (χ3n) is 5.31. The molecular formula is C18H24ClF2N3O3. The number of rotatable bonds is 3. The predicted octanol–water partition coefficient (Wildman–Crippen LogP) is 1.43. The van der Waals surface area contributed by atoms with Crippen LogP contribution in [0.4, 0.5) is 8.78 Å². The molecule has 2 N–H and O–H groups in total. The average molecular weight is 404 g/mol. The Kier molecular flexibility index (Phi) is 7.13. The maximum Gasteiger partial charge on any atom is 0.256 e. The van der Waals surface area contributed by atoms with E-state index in [0.29, 0.717) is 58.3 Å². The number of hydrogen-bond acceptors (Lipinski definition) is 4. The molecule has 0 atom stereocenters. The monoisotopic (exact) mass is 403 g/mol. The van der Waals surface area contributed by atoms with Gasteiger partial charge in [0, 0.05) is 52.0 Å². The number of piperazine rings is 1. The van der Waals surface area contributed by atoms with Gasteiger partial charge in [0.2, 0.25) is 5.91 Å². The minimum absolute atomic E-state index is 0. The summed E-state index contributed by atoms with van der Waals surface area (Å²) >= 11 is 0. The van der Waals surface area contributed by atoms with Gasteiger partial charge in [-0.15, -0.1) is 12.4 Å². The van der Waals surface area contributed by atoms with Crippen molar-refractivity contribution in [2.75, 3.05) is 45.9 Å². The summed E-state index contributed by atoms with van der Waals surface area (Å²) in [6.07, 6.45) is 1.20. The highest BCUT2D eigenvalue weighted by molar-refractivity contribution is 5.94. The number of nitrogens with zero attached hydrogens (tertiary/aromatic N) is 2. The highest BCUT2D eigenvalue weighted by Gasteiger charge is 2.42. The van der Waals surface area contributed by atoms with Crippen LogP contribution >= 0.6 is 12.4 Å². The largest absolute Gasteiger partial charge is 0.381 e. The zero-order chi connectivity index (χ0) is 18.7. The van der Waals surface area contributed by atoms with E-state index in [2.05, 4.69) is 0 Å². The summed E-state index contributed by atoms with van der Waals surface area (Å²) in [4.78, 5) is 28.6. The Bertz CT molecular complexity index is 690. The molecule has 2 aliphatic heterocycles. The van der Waals surface area contributed by atoms with Crippen LogP contribution in [0.15, 0.2) is 18.2 Å². The molecule has 0 saturated carbocycles. The number of carbonyl (C=O) groups is 2. The van der Waals surface area contributed by atoms with E-state index >= 15 is 0 Å². The number of ether oxygens (including phenoxy) is 1. The quantitative estimate of drug-likeness (QED) is 0.828. The fourth-order valence-electron chi connectivity index (χ4n) is 3.55. The van der Waals surface area contributed by atoms with Gasteiger partial charge in [-0.2, -0.15) is 0 Å². The lowest BCUT2D eigenvalue weighted by Gasteiger charge is -2.42. The first kappa shape index (κ1) is 21.5. The van der Waals surface area contributed by atoms with E-state index in [9.17, 15) is 18.4 Å². The molecule has 0 bridgehead atoms. The van der Waals surface area contributed by atoms with Crippen molar-refractivity contribution in [2.45, 2.75) is 12.8 Å². The van der Waals surface area contributed by atoms with Gasteiger partial charge in [0.1, 0.15) is 11.6 Å². The maximum absolute atomic E-state index is 13.8. The molecule has 2 saturated heterocycles. The normalized spacial score (nSPS) is 19.4. The molecule has 9 heteroatoms. The molecule has 2 fully saturated rings. The molecule has 0 aliphatic carbocycles. The van der Waals surface area contributed by atoms with E-state index in [-0.39, 0.29) is 30.4 Å². The van der Waals surface area contributed by atoms with Crippen LogP contribution in [0, 0.1) is 17.0 Å². The fourth-order valence-corrected chi connectivity index (χ4v) is 3.55. The topological polar surface area (TPSA) is 75.9 Å². The second-order valence-corrected chi connectivity index (χ2v) is 6.81. The van der Waals surface area contributed by atoms with Crippen LogP contribution < -0.4 is 5.73 Å². The molecule has 2 aliphatic rings. The Labute approximate surface area is 163 Å². The standard InChI is InChI=1S/C18H23F2N3O3.ClH/c19-13-1-2-14(15(20)11-13)16(24)22-5-7-23(8-6-22)17(25)18(12-21)3-9-26-10-4-18;/h1-2,11H,3-10,12,21H2;1H. The van der Waals surface area contributed by atoms with Gasteiger partial charge < -0.3 is 20.3 Å². The lowest BCUT2D eigenvalue weighted by atomic mass is 9.78. The van der Waals surface area contributed by atoms with Crippen molar-refractivity contribution in [3.8, 4) is 0 Å². The van der Waals surface area contributed by atoms with Gasteiger partial charge in [-0.1, -0.05) is 0 Å². The summed E-state index contributed by atoms with van der Waals surface area (Å²) in [5, 5.41) is 0. The molecule has 2 amide bonds. The Balaban J connectivity index is 0.00000261. The number of benzene rings is 1. The summed E-state index contributed by atoms with van der Waals surface area (Å²) in [7, 11) is 0. The number of halogens is 3. The Morgan fingerprint density at radius 3 is 2.22 bits per heavy atom. The summed E-state index contributed by atoms with van der Waals surface area (Å²) in [6.45, 7) is 2.66. The lowest BCUT2D eigenvalue weighted by Crippen LogP contribution is -2.57. The molecule has 0 spiro atoms. The van der Waals surface area contributed by atoms with E-state index in [1.807, 2.05) is 0 Å². The third-order valence-corrected chi connectivity index (χ3v) is 5.31. The first-order valence-corrected chi connectivity index (χ1v) is 8.78. The minimum atomic E-state index is -0.877. The van der Waals surface area contributed by atoms with Crippen molar-refractivity contribution in [2.24, 2.45) is 11.1 Å². The van der Waals surface area contributed by atoms with Gasteiger partial charge in [-0.25, -0.2) is 8.78 Å². The van der Waals surface area contributed by atoms with Crippen LogP contribution in [0.5, 0.6) is 0 Å². The van der Waals surface area contributed by atoms with Crippen molar-refractivity contribution in [3.63, 3.8) is 0 Å². The highest BCUT2D eigenvalue weighted by Crippen LogP contribution is 2.32. The Hall–Kier alpha value is -1.77. The molecule has 2 heterocycles. The summed E-state index contributed by atoms with van der Waals surface area (Å²) in [5.41, 5.74) is 5.14. The van der Waals surface area contributed by atoms with Crippen LogP contribution in [0.2, 0.25) is 0 Å². The first-order chi connectivity index (χ1) is 12.5. The summed E-state index contributed by atoms with van der Waals surface area (Å²) < 4.78 is 32.2.